The fourth-order valence-corrected chi connectivity index (χ4v) is 0. The molecule has 0 aromatic rings. The third-order valence-corrected chi connectivity index (χ3v) is 0. The van der Waals surface area contributed by atoms with Crippen LogP contribution in [0.4, 0.5) is 0 Å². The molecular weight excluding hydrogens is 100 g/mol. The Morgan fingerprint density at radius 2 is 1.40 bits per heavy atom. The van der Waals surface area contributed by atoms with Crippen LogP contribution in [-0.4, -0.2) is 28.3 Å². The van der Waals surface area contributed by atoms with Gasteiger partial charge in [-0.3, -0.25) is 0 Å². The second-order valence-corrected chi connectivity index (χ2v) is 0.583. The Morgan fingerprint density at radius 1 is 1.40 bits per heavy atom. The Balaban J connectivity index is 0. The molecule has 0 saturated heterocycles. The summed E-state index contributed by atoms with van der Waals surface area (Å²) in [6.45, 7) is 0. The average Bonchev–Trinajstić information content (AvgIpc) is 0.811. The van der Waals surface area contributed by atoms with E-state index in [9.17, 15) is 0 Å². The SMILES string of the molecule is [Mg+2].[O-]C([O-])=S. The molecule has 0 aliphatic heterocycles. The van der Waals surface area contributed by atoms with Gasteiger partial charge in [-0.1, -0.05) is 0 Å². The Morgan fingerprint density at radius 3 is 1.40 bits per heavy atom. The molecule has 0 radical (unpaired) electrons. The first-order valence-electron chi connectivity index (χ1n) is 0.612. The van der Waals surface area contributed by atoms with Crippen LogP contribution in [0.3, 0.4) is 0 Å². The van der Waals surface area contributed by atoms with Crippen LogP contribution < -0.4 is 10.2 Å². The zero-order valence-electron chi connectivity index (χ0n) is 2.43. The van der Waals surface area contributed by atoms with Gasteiger partial charge in [0.1, 0.15) is 0 Å². The smallest absolute Gasteiger partial charge is 0.876 e. The number of rotatable bonds is 0. The summed E-state index contributed by atoms with van der Waals surface area (Å²) in [5.74, 6) is 0. The molecule has 0 aromatic carbocycles. The normalized spacial score (nSPS) is 4.80. The van der Waals surface area contributed by atoms with Crippen molar-refractivity contribution in [3.63, 3.8) is 0 Å². The van der Waals surface area contributed by atoms with Crippen LogP contribution in [0.5, 0.6) is 0 Å². The Bertz CT molecular complexity index is 32.6. The van der Waals surface area contributed by atoms with E-state index in [1.165, 1.54) is 0 Å². The van der Waals surface area contributed by atoms with E-state index in [0.29, 0.717) is 0 Å². The predicted molar refractivity (Wildman–Crippen MR) is 18.4 cm³/mol. The van der Waals surface area contributed by atoms with Crippen LogP contribution in [0.1, 0.15) is 0 Å². The van der Waals surface area contributed by atoms with E-state index in [-0.39, 0.29) is 23.1 Å². The first-order valence-corrected chi connectivity index (χ1v) is 1.02. The van der Waals surface area contributed by atoms with Gasteiger partial charge in [0.2, 0.25) is 0 Å². The zero-order chi connectivity index (χ0) is 3.58. The van der Waals surface area contributed by atoms with Crippen molar-refractivity contribution in [2.24, 2.45) is 0 Å². The summed E-state index contributed by atoms with van der Waals surface area (Å²) in [4.78, 5) is 0. The van der Waals surface area contributed by atoms with Crippen LogP contribution >= 0.6 is 12.2 Å². The first kappa shape index (κ1) is 9.07. The summed E-state index contributed by atoms with van der Waals surface area (Å²) >= 11 is 3.43. The van der Waals surface area contributed by atoms with Crippen LogP contribution in [-0.2, 0) is 0 Å². The zero-order valence-corrected chi connectivity index (χ0v) is 4.66. The molecule has 0 spiro atoms. The minimum atomic E-state index is -1.50. The minimum absolute atomic E-state index is 0. The van der Waals surface area contributed by atoms with E-state index in [1.807, 2.05) is 0 Å². The molecule has 0 amide bonds. The molecule has 0 saturated carbocycles. The van der Waals surface area contributed by atoms with E-state index < -0.39 is 5.24 Å². The molecule has 0 aliphatic rings. The standard InChI is InChI=1S/CH2O2S.Mg/c2-1(3)4;/h(H2,2,3,4);/q;+2/p-2. The molecule has 24 valence electrons. The molecule has 0 heterocycles. The van der Waals surface area contributed by atoms with Gasteiger partial charge in [-0.2, -0.15) is 0 Å². The molecule has 2 nitrogen and oxygen atoms in total. The summed E-state index contributed by atoms with van der Waals surface area (Å²) in [6.07, 6.45) is 0. The van der Waals surface area contributed by atoms with E-state index in [0.717, 1.165) is 0 Å². The number of hydrogen-bond acceptors (Lipinski definition) is 3. The second-order valence-electron chi connectivity index (χ2n) is 0.250. The van der Waals surface area contributed by atoms with Crippen molar-refractivity contribution in [1.29, 1.82) is 0 Å². The fraction of sp³-hybridized carbons (Fsp3) is 0. The van der Waals surface area contributed by atoms with Gasteiger partial charge < -0.3 is 10.2 Å². The van der Waals surface area contributed by atoms with Crippen molar-refractivity contribution in [3.05, 3.63) is 0 Å². The molecule has 0 fully saturated rings. The van der Waals surface area contributed by atoms with Crippen LogP contribution in [0.15, 0.2) is 0 Å². The van der Waals surface area contributed by atoms with Crippen molar-refractivity contribution in [1.82, 2.24) is 0 Å². The summed E-state index contributed by atoms with van der Waals surface area (Å²) in [5, 5.41) is 15.9. The van der Waals surface area contributed by atoms with Gasteiger partial charge in [-0.15, -0.1) is 17.5 Å². The average molecular weight is 100 g/mol. The number of thiocarbonyl (C=S) groups is 1. The molecule has 0 N–H and O–H groups in total. The molecule has 0 unspecified atom stereocenters. The van der Waals surface area contributed by atoms with E-state index in [4.69, 9.17) is 10.2 Å². The van der Waals surface area contributed by atoms with Gasteiger partial charge in [-0.25, -0.2) is 0 Å². The quantitative estimate of drug-likeness (QED) is 0.252. The van der Waals surface area contributed by atoms with Crippen LogP contribution in [0.25, 0.3) is 0 Å². The van der Waals surface area contributed by atoms with Gasteiger partial charge in [0.05, 0.1) is 0 Å². The summed E-state index contributed by atoms with van der Waals surface area (Å²) < 4.78 is 0. The number of hydrogen-bond donors (Lipinski definition) is 0. The van der Waals surface area contributed by atoms with Gasteiger partial charge in [0, 0.05) is 0 Å². The predicted octanol–water partition coefficient (Wildman–Crippen LogP) is -2.39. The maximum Gasteiger partial charge on any atom is 2.00 e. The van der Waals surface area contributed by atoms with Gasteiger partial charge in [0.15, 0.2) is 0 Å². The Kier molecular flexibility index (Phi) is 8.08. The maximum atomic E-state index is 8.70. The topological polar surface area (TPSA) is 46.1 Å². The molecule has 0 aliphatic carbocycles. The van der Waals surface area contributed by atoms with Gasteiger partial charge >= 0.3 is 23.1 Å². The monoisotopic (exact) mass is 99.9 g/mol. The molecule has 0 bridgehead atoms. The van der Waals surface area contributed by atoms with Gasteiger partial charge in [-0.05, 0) is 0 Å². The van der Waals surface area contributed by atoms with E-state index in [2.05, 4.69) is 12.2 Å². The molecule has 0 rings (SSSR count). The molecular formula is CMgO2S. The van der Waals surface area contributed by atoms with Crippen LogP contribution in [0.2, 0.25) is 0 Å². The van der Waals surface area contributed by atoms with Crippen molar-refractivity contribution in [3.8, 4) is 0 Å². The molecule has 5 heavy (non-hydrogen) atoms. The molecule has 0 aromatic heterocycles. The summed E-state index contributed by atoms with van der Waals surface area (Å²) in [5.41, 5.74) is 0. The van der Waals surface area contributed by atoms with Crippen LogP contribution in [0, 0.1) is 0 Å². The van der Waals surface area contributed by atoms with E-state index in [1.54, 1.807) is 0 Å². The second kappa shape index (κ2) is 4.46. The van der Waals surface area contributed by atoms with Crippen molar-refractivity contribution in [2.45, 2.75) is 0 Å². The third kappa shape index (κ3) is 129. The van der Waals surface area contributed by atoms with E-state index >= 15 is 0 Å². The Hall–Kier alpha value is 0.456. The Labute approximate surface area is 51.0 Å². The third-order valence-electron chi connectivity index (χ3n) is 0. The van der Waals surface area contributed by atoms with Crippen molar-refractivity contribution >= 4 is 40.5 Å². The molecule has 0 atom stereocenters. The van der Waals surface area contributed by atoms with Crippen molar-refractivity contribution < 1.29 is 10.2 Å². The maximum absolute atomic E-state index is 8.70. The largest absolute Gasteiger partial charge is 2.00 e. The minimum Gasteiger partial charge on any atom is -0.876 e. The van der Waals surface area contributed by atoms with Crippen molar-refractivity contribution in [2.75, 3.05) is 0 Å². The summed E-state index contributed by atoms with van der Waals surface area (Å²) in [6, 6.07) is 0. The summed E-state index contributed by atoms with van der Waals surface area (Å²) in [7, 11) is 0. The van der Waals surface area contributed by atoms with Gasteiger partial charge in [0.25, 0.3) is 0 Å². The first-order chi connectivity index (χ1) is 1.73. The molecule has 4 heteroatoms. The fourth-order valence-electron chi connectivity index (χ4n) is 0.